The average molecular weight is 282 g/mol. The number of furan rings is 1. The molecular weight excluding hydrogens is 269 g/mol. The van der Waals surface area contributed by atoms with Gasteiger partial charge in [-0.05, 0) is 31.0 Å². The van der Waals surface area contributed by atoms with Gasteiger partial charge < -0.3 is 9.73 Å². The second-order valence-corrected chi connectivity index (χ2v) is 5.38. The molecule has 0 spiro atoms. The number of halogens is 2. The highest BCUT2D eigenvalue weighted by Crippen LogP contribution is 2.33. The molecular formula is C14H13Cl2NO. The number of hydrogen-bond donors (Lipinski definition) is 1. The number of rotatable bonds is 4. The van der Waals surface area contributed by atoms with Crippen LogP contribution in [0, 0.1) is 0 Å². The molecule has 3 rings (SSSR count). The maximum atomic E-state index is 6.22. The van der Waals surface area contributed by atoms with E-state index >= 15 is 0 Å². The zero-order valence-corrected chi connectivity index (χ0v) is 11.3. The van der Waals surface area contributed by atoms with E-state index in [-0.39, 0.29) is 0 Å². The number of hydrogen-bond acceptors (Lipinski definition) is 2. The first kappa shape index (κ1) is 12.1. The van der Waals surface area contributed by atoms with Crippen LogP contribution in [0.4, 0.5) is 0 Å². The van der Waals surface area contributed by atoms with E-state index in [1.807, 2.05) is 18.2 Å². The summed E-state index contributed by atoms with van der Waals surface area (Å²) in [6.45, 7) is 0.742. The van der Waals surface area contributed by atoms with Gasteiger partial charge in [-0.1, -0.05) is 29.3 Å². The molecule has 0 amide bonds. The van der Waals surface area contributed by atoms with Crippen LogP contribution in [0.3, 0.4) is 0 Å². The van der Waals surface area contributed by atoms with Crippen molar-refractivity contribution in [3.05, 3.63) is 46.3 Å². The third kappa shape index (κ3) is 2.56. The normalized spacial score (nSPS) is 15.0. The van der Waals surface area contributed by atoms with Crippen LogP contribution >= 0.6 is 23.2 Å². The Morgan fingerprint density at radius 3 is 2.72 bits per heavy atom. The maximum absolute atomic E-state index is 6.22. The lowest BCUT2D eigenvalue weighted by molar-refractivity contribution is 0.483. The van der Waals surface area contributed by atoms with Gasteiger partial charge in [0, 0.05) is 27.2 Å². The highest BCUT2D eigenvalue weighted by atomic mass is 35.5. The summed E-state index contributed by atoms with van der Waals surface area (Å²) in [5.74, 6) is 0.922. The SMILES string of the molecule is Clc1ccc(-c2ccoc2CNC2CC2)c(Cl)c1. The molecule has 4 heteroatoms. The Morgan fingerprint density at radius 2 is 2.00 bits per heavy atom. The van der Waals surface area contributed by atoms with Gasteiger partial charge in [-0.25, -0.2) is 0 Å². The van der Waals surface area contributed by atoms with Crippen LogP contribution < -0.4 is 5.32 Å². The van der Waals surface area contributed by atoms with Crippen LogP contribution in [0.15, 0.2) is 34.9 Å². The molecule has 2 nitrogen and oxygen atoms in total. The van der Waals surface area contributed by atoms with Gasteiger partial charge in [-0.15, -0.1) is 0 Å². The molecule has 2 aromatic rings. The lowest BCUT2D eigenvalue weighted by Crippen LogP contribution is -2.15. The quantitative estimate of drug-likeness (QED) is 0.892. The first-order valence-electron chi connectivity index (χ1n) is 5.99. The van der Waals surface area contributed by atoms with E-state index in [4.69, 9.17) is 27.6 Å². The fraction of sp³-hybridized carbons (Fsp3) is 0.286. The minimum Gasteiger partial charge on any atom is -0.467 e. The van der Waals surface area contributed by atoms with E-state index in [1.165, 1.54) is 12.8 Å². The summed E-state index contributed by atoms with van der Waals surface area (Å²) in [7, 11) is 0. The highest BCUT2D eigenvalue weighted by Gasteiger charge is 2.21. The van der Waals surface area contributed by atoms with Crippen molar-refractivity contribution >= 4 is 23.2 Å². The molecule has 94 valence electrons. The first-order chi connectivity index (χ1) is 8.74. The van der Waals surface area contributed by atoms with Gasteiger partial charge in [0.2, 0.25) is 0 Å². The average Bonchev–Trinajstić information content (AvgIpc) is 3.06. The topological polar surface area (TPSA) is 25.2 Å². The Balaban J connectivity index is 1.88. The zero-order chi connectivity index (χ0) is 12.5. The molecule has 1 aliphatic carbocycles. The summed E-state index contributed by atoms with van der Waals surface area (Å²) in [5, 5.41) is 4.73. The second kappa shape index (κ2) is 4.96. The summed E-state index contributed by atoms with van der Waals surface area (Å²) >= 11 is 12.1. The van der Waals surface area contributed by atoms with Crippen molar-refractivity contribution < 1.29 is 4.42 Å². The van der Waals surface area contributed by atoms with Crippen LogP contribution in [0.25, 0.3) is 11.1 Å². The van der Waals surface area contributed by atoms with Crippen molar-refractivity contribution in [2.75, 3.05) is 0 Å². The standard InChI is InChI=1S/C14H13Cl2NO/c15-9-1-4-11(13(16)7-9)12-5-6-18-14(12)8-17-10-2-3-10/h1,4-7,10,17H,2-3,8H2. The van der Waals surface area contributed by atoms with Crippen molar-refractivity contribution in [2.45, 2.75) is 25.4 Å². The fourth-order valence-corrected chi connectivity index (χ4v) is 2.46. The Bertz CT molecular complexity index is 561. The van der Waals surface area contributed by atoms with Crippen LogP contribution in [-0.2, 0) is 6.54 Å². The van der Waals surface area contributed by atoms with Gasteiger partial charge in [0.1, 0.15) is 5.76 Å². The van der Waals surface area contributed by atoms with Crippen molar-refractivity contribution in [2.24, 2.45) is 0 Å². The van der Waals surface area contributed by atoms with E-state index in [9.17, 15) is 0 Å². The van der Waals surface area contributed by atoms with E-state index in [1.54, 1.807) is 12.3 Å². The summed E-state index contributed by atoms with van der Waals surface area (Å²) in [6.07, 6.45) is 4.22. The Morgan fingerprint density at radius 1 is 1.17 bits per heavy atom. The third-order valence-electron chi connectivity index (χ3n) is 3.10. The minimum absolute atomic E-state index is 0.643. The molecule has 1 N–H and O–H groups in total. The predicted molar refractivity (Wildman–Crippen MR) is 74.0 cm³/mol. The molecule has 18 heavy (non-hydrogen) atoms. The maximum Gasteiger partial charge on any atom is 0.125 e. The van der Waals surface area contributed by atoms with Gasteiger partial charge in [0.05, 0.1) is 12.8 Å². The van der Waals surface area contributed by atoms with Crippen LogP contribution in [0.5, 0.6) is 0 Å². The molecule has 1 fully saturated rings. The number of benzene rings is 1. The Kier molecular flexibility index (Phi) is 3.33. The minimum atomic E-state index is 0.643. The molecule has 0 unspecified atom stereocenters. The van der Waals surface area contributed by atoms with Crippen molar-refractivity contribution in [1.82, 2.24) is 5.32 Å². The van der Waals surface area contributed by atoms with Crippen LogP contribution in [0.2, 0.25) is 10.0 Å². The highest BCUT2D eigenvalue weighted by molar-refractivity contribution is 6.36. The van der Waals surface area contributed by atoms with Gasteiger partial charge >= 0.3 is 0 Å². The second-order valence-electron chi connectivity index (χ2n) is 4.54. The molecule has 1 saturated carbocycles. The molecule has 1 aromatic heterocycles. The molecule has 1 aromatic carbocycles. The van der Waals surface area contributed by atoms with E-state index < -0.39 is 0 Å². The van der Waals surface area contributed by atoms with Crippen molar-refractivity contribution in [3.8, 4) is 11.1 Å². The van der Waals surface area contributed by atoms with Crippen LogP contribution in [0.1, 0.15) is 18.6 Å². The van der Waals surface area contributed by atoms with E-state index in [2.05, 4.69) is 5.32 Å². The molecule has 0 radical (unpaired) electrons. The third-order valence-corrected chi connectivity index (χ3v) is 3.64. The lowest BCUT2D eigenvalue weighted by Gasteiger charge is -2.06. The van der Waals surface area contributed by atoms with Gasteiger partial charge in [0.25, 0.3) is 0 Å². The van der Waals surface area contributed by atoms with Gasteiger partial charge in [0.15, 0.2) is 0 Å². The Hall–Kier alpha value is -0.960. The molecule has 0 saturated heterocycles. The van der Waals surface area contributed by atoms with Gasteiger partial charge in [-0.3, -0.25) is 0 Å². The largest absolute Gasteiger partial charge is 0.467 e. The predicted octanol–water partition coefficient (Wildman–Crippen LogP) is 4.51. The van der Waals surface area contributed by atoms with Crippen molar-refractivity contribution in [1.29, 1.82) is 0 Å². The summed E-state index contributed by atoms with van der Waals surface area (Å²) < 4.78 is 5.53. The summed E-state index contributed by atoms with van der Waals surface area (Å²) in [5.41, 5.74) is 1.99. The van der Waals surface area contributed by atoms with E-state index in [0.29, 0.717) is 16.1 Å². The molecule has 1 heterocycles. The molecule has 1 aliphatic rings. The van der Waals surface area contributed by atoms with Gasteiger partial charge in [-0.2, -0.15) is 0 Å². The lowest BCUT2D eigenvalue weighted by atomic mass is 10.1. The zero-order valence-electron chi connectivity index (χ0n) is 9.75. The Labute approximate surface area is 116 Å². The molecule has 0 atom stereocenters. The van der Waals surface area contributed by atoms with Crippen LogP contribution in [-0.4, -0.2) is 6.04 Å². The number of nitrogens with one attached hydrogen (secondary N) is 1. The molecule has 0 bridgehead atoms. The smallest absolute Gasteiger partial charge is 0.125 e. The summed E-state index contributed by atoms with van der Waals surface area (Å²) in [4.78, 5) is 0. The van der Waals surface area contributed by atoms with Crippen molar-refractivity contribution in [3.63, 3.8) is 0 Å². The van der Waals surface area contributed by atoms with E-state index in [0.717, 1.165) is 23.4 Å². The summed E-state index contributed by atoms with van der Waals surface area (Å²) in [6, 6.07) is 8.12. The molecule has 0 aliphatic heterocycles. The monoisotopic (exact) mass is 281 g/mol. The fourth-order valence-electron chi connectivity index (χ4n) is 1.95. The first-order valence-corrected chi connectivity index (χ1v) is 6.75.